The van der Waals surface area contributed by atoms with Crippen LogP contribution in [0.3, 0.4) is 0 Å². The Morgan fingerprint density at radius 1 is 1.10 bits per heavy atom. The number of hydrogen-bond acceptors (Lipinski definition) is 4. The summed E-state index contributed by atoms with van der Waals surface area (Å²) in [6.07, 6.45) is 2.89. The maximum absolute atomic E-state index is 12.2. The van der Waals surface area contributed by atoms with E-state index >= 15 is 0 Å². The lowest BCUT2D eigenvalue weighted by Gasteiger charge is -2.09. The predicted octanol–water partition coefficient (Wildman–Crippen LogP) is 0.584. The van der Waals surface area contributed by atoms with Crippen LogP contribution < -0.4 is 11.2 Å². The standard InChI is InChI=1S/C14H22N4O3/c1-5-6-7-8-9(19)11-15-12-10(16(11)2)13(20)18(4)14(21)17(12)3/h9,19H,5-8H2,1-4H3. The average molecular weight is 294 g/mol. The van der Waals surface area contributed by atoms with E-state index in [4.69, 9.17) is 0 Å². The molecule has 0 fully saturated rings. The topological polar surface area (TPSA) is 82.1 Å². The molecular formula is C14H22N4O3. The first-order chi connectivity index (χ1) is 9.90. The van der Waals surface area contributed by atoms with Gasteiger partial charge in [0.05, 0.1) is 0 Å². The molecule has 21 heavy (non-hydrogen) atoms. The molecule has 0 aromatic carbocycles. The van der Waals surface area contributed by atoms with Crippen LogP contribution in [0.1, 0.15) is 44.5 Å². The van der Waals surface area contributed by atoms with Gasteiger partial charge >= 0.3 is 5.69 Å². The number of rotatable bonds is 5. The largest absolute Gasteiger partial charge is 0.385 e. The monoisotopic (exact) mass is 294 g/mol. The molecule has 2 aromatic heterocycles. The molecular weight excluding hydrogens is 272 g/mol. The second kappa shape index (κ2) is 5.85. The smallest absolute Gasteiger partial charge is 0.332 e. The van der Waals surface area contributed by atoms with Gasteiger partial charge in [0.2, 0.25) is 0 Å². The number of hydrogen-bond donors (Lipinski definition) is 1. The fraction of sp³-hybridized carbons (Fsp3) is 0.643. The zero-order chi connectivity index (χ0) is 15.7. The van der Waals surface area contributed by atoms with Gasteiger partial charge in [-0.3, -0.25) is 13.9 Å². The molecule has 0 amide bonds. The van der Waals surface area contributed by atoms with E-state index in [1.807, 2.05) is 0 Å². The van der Waals surface area contributed by atoms with E-state index in [0.717, 1.165) is 23.8 Å². The highest BCUT2D eigenvalue weighted by Gasteiger charge is 2.20. The van der Waals surface area contributed by atoms with Gasteiger partial charge in [0, 0.05) is 21.1 Å². The Morgan fingerprint density at radius 2 is 1.76 bits per heavy atom. The van der Waals surface area contributed by atoms with Crippen LogP contribution >= 0.6 is 0 Å². The van der Waals surface area contributed by atoms with Gasteiger partial charge in [-0.05, 0) is 6.42 Å². The Hall–Kier alpha value is -1.89. The Bertz CT molecular complexity index is 769. The van der Waals surface area contributed by atoms with Crippen LogP contribution in [0.2, 0.25) is 0 Å². The fourth-order valence-corrected chi connectivity index (χ4v) is 2.55. The highest BCUT2D eigenvalue weighted by atomic mass is 16.3. The number of aryl methyl sites for hydroxylation is 2. The Kier molecular flexibility index (Phi) is 4.32. The van der Waals surface area contributed by atoms with Crippen molar-refractivity contribution in [2.45, 2.75) is 38.7 Å². The third kappa shape index (κ3) is 2.53. The van der Waals surface area contributed by atoms with E-state index in [1.54, 1.807) is 18.7 Å². The second-order valence-electron chi connectivity index (χ2n) is 5.42. The summed E-state index contributed by atoms with van der Waals surface area (Å²) in [4.78, 5) is 28.5. The van der Waals surface area contributed by atoms with Gasteiger partial charge < -0.3 is 9.67 Å². The number of aliphatic hydroxyl groups excluding tert-OH is 1. The molecule has 7 nitrogen and oxygen atoms in total. The van der Waals surface area contributed by atoms with Gasteiger partial charge in [-0.25, -0.2) is 9.78 Å². The number of unbranched alkanes of at least 4 members (excludes halogenated alkanes) is 2. The van der Waals surface area contributed by atoms with E-state index in [0.29, 0.717) is 23.4 Å². The van der Waals surface area contributed by atoms with E-state index in [9.17, 15) is 14.7 Å². The van der Waals surface area contributed by atoms with Crippen LogP contribution in [0.15, 0.2) is 9.59 Å². The van der Waals surface area contributed by atoms with E-state index in [1.165, 1.54) is 11.6 Å². The number of aromatic nitrogens is 4. The van der Waals surface area contributed by atoms with Crippen molar-refractivity contribution in [1.82, 2.24) is 18.7 Å². The molecule has 0 saturated heterocycles. The summed E-state index contributed by atoms with van der Waals surface area (Å²) < 4.78 is 3.98. The van der Waals surface area contributed by atoms with Crippen molar-refractivity contribution in [3.05, 3.63) is 26.7 Å². The third-order valence-corrected chi connectivity index (χ3v) is 3.89. The maximum atomic E-state index is 12.2. The van der Waals surface area contributed by atoms with Gasteiger partial charge in [-0.2, -0.15) is 0 Å². The molecule has 2 rings (SSSR count). The summed E-state index contributed by atoms with van der Waals surface area (Å²) in [7, 11) is 4.71. The molecule has 2 aromatic rings. The number of fused-ring (bicyclic) bond motifs is 1. The van der Waals surface area contributed by atoms with Crippen molar-refractivity contribution < 1.29 is 5.11 Å². The van der Waals surface area contributed by atoms with Crippen LogP contribution in [0.5, 0.6) is 0 Å². The molecule has 1 atom stereocenters. The second-order valence-corrected chi connectivity index (χ2v) is 5.42. The first kappa shape index (κ1) is 15.5. The molecule has 2 heterocycles. The van der Waals surface area contributed by atoms with Gasteiger partial charge in [-0.15, -0.1) is 0 Å². The fourth-order valence-electron chi connectivity index (χ4n) is 2.55. The predicted molar refractivity (Wildman–Crippen MR) is 80.3 cm³/mol. The molecule has 0 radical (unpaired) electrons. The van der Waals surface area contributed by atoms with E-state index < -0.39 is 17.4 Å². The van der Waals surface area contributed by atoms with Crippen LogP contribution in [-0.2, 0) is 21.1 Å². The first-order valence-electron chi connectivity index (χ1n) is 7.20. The average Bonchev–Trinajstić information content (AvgIpc) is 2.81. The van der Waals surface area contributed by atoms with Crippen molar-refractivity contribution in [1.29, 1.82) is 0 Å². The number of imidazole rings is 1. The summed E-state index contributed by atoms with van der Waals surface area (Å²) in [6.45, 7) is 2.10. The van der Waals surface area contributed by atoms with Gasteiger partial charge in [0.1, 0.15) is 11.9 Å². The van der Waals surface area contributed by atoms with Gasteiger partial charge in [0.15, 0.2) is 11.2 Å². The molecule has 0 aliphatic carbocycles. The minimum atomic E-state index is -0.728. The van der Waals surface area contributed by atoms with Gasteiger partial charge in [0.25, 0.3) is 5.56 Å². The van der Waals surface area contributed by atoms with Crippen molar-refractivity contribution >= 4 is 11.2 Å². The summed E-state index contributed by atoms with van der Waals surface area (Å²) in [5.74, 6) is 0.430. The Balaban J connectivity index is 2.56. The van der Waals surface area contributed by atoms with Crippen molar-refractivity contribution in [2.75, 3.05) is 0 Å². The molecule has 0 bridgehead atoms. The molecule has 116 valence electrons. The van der Waals surface area contributed by atoms with Gasteiger partial charge in [-0.1, -0.05) is 26.2 Å². The highest BCUT2D eigenvalue weighted by Crippen LogP contribution is 2.21. The quantitative estimate of drug-likeness (QED) is 0.818. The molecule has 1 unspecified atom stereocenters. The van der Waals surface area contributed by atoms with E-state index in [2.05, 4.69) is 11.9 Å². The maximum Gasteiger partial charge on any atom is 0.332 e. The summed E-state index contributed by atoms with van der Waals surface area (Å²) >= 11 is 0. The van der Waals surface area contributed by atoms with Crippen molar-refractivity contribution in [2.24, 2.45) is 21.1 Å². The van der Waals surface area contributed by atoms with Crippen LogP contribution in [0, 0.1) is 0 Å². The molecule has 1 N–H and O–H groups in total. The number of nitrogens with zero attached hydrogens (tertiary/aromatic N) is 4. The lowest BCUT2D eigenvalue weighted by atomic mass is 10.1. The molecule has 0 aliphatic heterocycles. The highest BCUT2D eigenvalue weighted by molar-refractivity contribution is 5.71. The van der Waals surface area contributed by atoms with E-state index in [-0.39, 0.29) is 0 Å². The summed E-state index contributed by atoms with van der Waals surface area (Å²) in [5, 5.41) is 10.3. The van der Waals surface area contributed by atoms with Crippen LogP contribution in [-0.4, -0.2) is 23.8 Å². The zero-order valence-electron chi connectivity index (χ0n) is 13.0. The lowest BCUT2D eigenvalue weighted by molar-refractivity contribution is 0.151. The summed E-state index contributed by atoms with van der Waals surface area (Å²) in [6, 6.07) is 0. The Morgan fingerprint density at radius 3 is 2.38 bits per heavy atom. The van der Waals surface area contributed by atoms with Crippen molar-refractivity contribution in [3.8, 4) is 0 Å². The normalized spacial score (nSPS) is 13.0. The van der Waals surface area contributed by atoms with Crippen molar-refractivity contribution in [3.63, 3.8) is 0 Å². The molecule has 0 saturated carbocycles. The SMILES string of the molecule is CCCCCC(O)c1nc2c(c(=O)n(C)c(=O)n2C)n1C. The Labute approximate surface area is 122 Å². The lowest BCUT2D eigenvalue weighted by Crippen LogP contribution is -2.37. The van der Waals surface area contributed by atoms with Crippen LogP contribution in [0.25, 0.3) is 11.2 Å². The molecule has 0 spiro atoms. The molecule has 7 heteroatoms. The minimum Gasteiger partial charge on any atom is -0.385 e. The summed E-state index contributed by atoms with van der Waals surface area (Å²) in [5.41, 5.74) is -0.160. The zero-order valence-corrected chi connectivity index (χ0v) is 13.0. The first-order valence-corrected chi connectivity index (χ1v) is 7.20. The minimum absolute atomic E-state index is 0.315. The third-order valence-electron chi connectivity index (χ3n) is 3.89. The number of aliphatic hydroxyl groups is 1. The molecule has 0 aliphatic rings. The van der Waals surface area contributed by atoms with Crippen LogP contribution in [0.4, 0.5) is 0 Å².